The Morgan fingerprint density at radius 3 is 2.20 bits per heavy atom. The molecular formula is C5H6N2O3. The lowest BCUT2D eigenvalue weighted by Gasteiger charge is -1.90. The first kappa shape index (κ1) is 6.73. The Kier molecular flexibility index (Phi) is 1.66. The number of hydrogen-bond donors (Lipinski definition) is 0. The van der Waals surface area contributed by atoms with Gasteiger partial charge >= 0.3 is 11.9 Å². The standard InChI is InChI=1S/C5H6N2O3/c1-9-4-3(8)6-5(7-4)10-2/h1-2H3. The van der Waals surface area contributed by atoms with E-state index in [2.05, 4.69) is 19.5 Å². The third-order valence-corrected chi connectivity index (χ3v) is 0.953. The molecule has 10 heavy (non-hydrogen) atoms. The molecule has 0 bridgehead atoms. The molecule has 0 saturated heterocycles. The van der Waals surface area contributed by atoms with Crippen molar-refractivity contribution in [1.82, 2.24) is 0 Å². The smallest absolute Gasteiger partial charge is 0.337 e. The molecule has 1 rings (SSSR count). The van der Waals surface area contributed by atoms with E-state index in [0.29, 0.717) is 0 Å². The fraction of sp³-hybridized carbons (Fsp3) is 0.400. The highest BCUT2D eigenvalue weighted by Gasteiger charge is 2.20. The quantitative estimate of drug-likeness (QED) is 0.461. The summed E-state index contributed by atoms with van der Waals surface area (Å²) in [4.78, 5) is 17.6. The first-order valence-electron chi connectivity index (χ1n) is 2.57. The van der Waals surface area contributed by atoms with Crippen molar-refractivity contribution in [3.8, 4) is 0 Å². The molecule has 5 nitrogen and oxygen atoms in total. The van der Waals surface area contributed by atoms with Crippen LogP contribution in [0.3, 0.4) is 0 Å². The van der Waals surface area contributed by atoms with Crippen molar-refractivity contribution < 1.29 is 14.3 Å². The lowest BCUT2D eigenvalue weighted by molar-refractivity contribution is -0.112. The van der Waals surface area contributed by atoms with E-state index >= 15 is 0 Å². The Bertz CT molecular complexity index is 214. The molecule has 1 heterocycles. The van der Waals surface area contributed by atoms with Gasteiger partial charge in [0.1, 0.15) is 0 Å². The zero-order valence-corrected chi connectivity index (χ0v) is 5.62. The first-order chi connectivity index (χ1) is 4.77. The molecule has 0 aromatic carbocycles. The molecule has 0 unspecified atom stereocenters. The summed E-state index contributed by atoms with van der Waals surface area (Å²) >= 11 is 0. The monoisotopic (exact) mass is 142 g/mol. The number of hydrogen-bond acceptors (Lipinski definition) is 4. The van der Waals surface area contributed by atoms with Crippen LogP contribution >= 0.6 is 0 Å². The summed E-state index contributed by atoms with van der Waals surface area (Å²) < 4.78 is 9.14. The number of amidine groups is 1. The summed E-state index contributed by atoms with van der Waals surface area (Å²) in [5, 5.41) is 0. The molecule has 0 aromatic heterocycles. The van der Waals surface area contributed by atoms with Gasteiger partial charge in [0.2, 0.25) is 0 Å². The molecule has 1 aliphatic rings. The predicted octanol–water partition coefficient (Wildman–Crippen LogP) is -0.426. The van der Waals surface area contributed by atoms with Gasteiger partial charge in [0.25, 0.3) is 5.90 Å². The summed E-state index contributed by atoms with van der Waals surface area (Å²) in [5.41, 5.74) is 0. The van der Waals surface area contributed by atoms with Crippen LogP contribution < -0.4 is 0 Å². The molecule has 0 radical (unpaired) electrons. The average molecular weight is 142 g/mol. The van der Waals surface area contributed by atoms with Crippen LogP contribution in [-0.4, -0.2) is 32.0 Å². The highest BCUT2D eigenvalue weighted by Crippen LogP contribution is 1.98. The molecule has 1 aliphatic heterocycles. The second-order valence-electron chi connectivity index (χ2n) is 1.52. The third kappa shape index (κ3) is 0.975. The van der Waals surface area contributed by atoms with Crippen LogP contribution in [-0.2, 0) is 14.3 Å². The van der Waals surface area contributed by atoms with E-state index in [-0.39, 0.29) is 11.9 Å². The van der Waals surface area contributed by atoms with Crippen LogP contribution in [0.2, 0.25) is 0 Å². The number of nitrogens with zero attached hydrogens (tertiary/aromatic N) is 2. The minimum Gasteiger partial charge on any atom is -0.477 e. The van der Waals surface area contributed by atoms with Crippen molar-refractivity contribution >= 4 is 17.8 Å². The van der Waals surface area contributed by atoms with Gasteiger partial charge in [-0.3, -0.25) is 4.79 Å². The maximum absolute atomic E-state index is 10.7. The van der Waals surface area contributed by atoms with Crippen molar-refractivity contribution in [3.63, 3.8) is 0 Å². The van der Waals surface area contributed by atoms with Gasteiger partial charge in [-0.1, -0.05) is 0 Å². The minimum atomic E-state index is -0.501. The molecule has 0 spiro atoms. The predicted molar refractivity (Wildman–Crippen MR) is 33.9 cm³/mol. The van der Waals surface area contributed by atoms with Crippen LogP contribution in [0.5, 0.6) is 0 Å². The van der Waals surface area contributed by atoms with E-state index in [1.165, 1.54) is 14.2 Å². The zero-order chi connectivity index (χ0) is 7.56. The molecule has 0 fully saturated rings. The highest BCUT2D eigenvalue weighted by molar-refractivity contribution is 6.41. The molecule has 54 valence electrons. The molecule has 5 heteroatoms. The number of carbonyl (C=O) groups is 1. The highest BCUT2D eigenvalue weighted by atomic mass is 16.5. The van der Waals surface area contributed by atoms with Gasteiger partial charge in [-0.15, -0.1) is 0 Å². The minimum absolute atomic E-state index is 0.0307. The molecule has 0 N–H and O–H groups in total. The lowest BCUT2D eigenvalue weighted by Crippen LogP contribution is -2.08. The van der Waals surface area contributed by atoms with E-state index in [0.717, 1.165) is 0 Å². The summed E-state index contributed by atoms with van der Waals surface area (Å²) in [5.74, 6) is -0.531. The summed E-state index contributed by atoms with van der Waals surface area (Å²) in [6, 6.07) is 0.0434. The Morgan fingerprint density at radius 2 is 1.90 bits per heavy atom. The van der Waals surface area contributed by atoms with Gasteiger partial charge in [-0.05, 0) is 0 Å². The van der Waals surface area contributed by atoms with Gasteiger partial charge in [-0.2, -0.15) is 9.98 Å². The topological polar surface area (TPSA) is 60.2 Å². The number of rotatable bonds is 0. The second-order valence-corrected chi connectivity index (χ2v) is 1.52. The van der Waals surface area contributed by atoms with Crippen LogP contribution in [0.25, 0.3) is 0 Å². The van der Waals surface area contributed by atoms with E-state index in [9.17, 15) is 4.79 Å². The van der Waals surface area contributed by atoms with Crippen LogP contribution in [0.4, 0.5) is 0 Å². The number of ether oxygens (including phenoxy) is 2. The van der Waals surface area contributed by atoms with Crippen molar-refractivity contribution in [2.45, 2.75) is 0 Å². The van der Waals surface area contributed by atoms with Crippen LogP contribution in [0.1, 0.15) is 0 Å². The third-order valence-electron chi connectivity index (χ3n) is 0.953. The fourth-order valence-electron chi connectivity index (χ4n) is 0.519. The molecule has 0 atom stereocenters. The van der Waals surface area contributed by atoms with E-state index in [1.54, 1.807) is 0 Å². The molecule has 0 saturated carbocycles. The van der Waals surface area contributed by atoms with Crippen molar-refractivity contribution in [2.75, 3.05) is 14.2 Å². The fourth-order valence-corrected chi connectivity index (χ4v) is 0.519. The number of amides is 1. The summed E-state index contributed by atoms with van der Waals surface area (Å²) in [6.45, 7) is 0. The van der Waals surface area contributed by atoms with Gasteiger partial charge in [0, 0.05) is 0 Å². The number of carbonyl (C=O) groups excluding carboxylic acids is 1. The van der Waals surface area contributed by atoms with Gasteiger partial charge in [0.15, 0.2) is 0 Å². The van der Waals surface area contributed by atoms with E-state index < -0.39 is 5.91 Å². The molecule has 1 amide bonds. The Morgan fingerprint density at radius 1 is 1.20 bits per heavy atom. The maximum Gasteiger partial charge on any atom is 0.337 e. The van der Waals surface area contributed by atoms with Crippen LogP contribution in [0.15, 0.2) is 9.98 Å². The largest absolute Gasteiger partial charge is 0.477 e. The lowest BCUT2D eigenvalue weighted by atomic mass is 10.6. The number of aliphatic imine (C=N–C) groups is 2. The van der Waals surface area contributed by atoms with Crippen molar-refractivity contribution in [1.29, 1.82) is 0 Å². The van der Waals surface area contributed by atoms with Crippen molar-refractivity contribution in [3.05, 3.63) is 0 Å². The zero-order valence-electron chi connectivity index (χ0n) is 5.62. The van der Waals surface area contributed by atoms with Gasteiger partial charge in [0.05, 0.1) is 14.2 Å². The Hall–Kier alpha value is -1.39. The normalized spacial score (nSPS) is 16.4. The summed E-state index contributed by atoms with van der Waals surface area (Å²) in [7, 11) is 2.74. The van der Waals surface area contributed by atoms with Gasteiger partial charge < -0.3 is 9.47 Å². The Labute approximate surface area is 57.4 Å². The second kappa shape index (κ2) is 2.47. The Balaban J connectivity index is 2.77. The number of methoxy groups -OCH3 is 2. The SMILES string of the molecule is COC1=NC(=O)C(OC)=N1. The molecule has 0 aliphatic carbocycles. The first-order valence-corrected chi connectivity index (χ1v) is 2.57. The van der Waals surface area contributed by atoms with Gasteiger partial charge in [-0.25, -0.2) is 0 Å². The maximum atomic E-state index is 10.7. The summed E-state index contributed by atoms with van der Waals surface area (Å²) in [6.07, 6.45) is 0. The van der Waals surface area contributed by atoms with Crippen LogP contribution in [0, 0.1) is 0 Å². The van der Waals surface area contributed by atoms with E-state index in [4.69, 9.17) is 0 Å². The van der Waals surface area contributed by atoms with Crippen molar-refractivity contribution in [2.24, 2.45) is 9.98 Å². The average Bonchev–Trinajstić information content (AvgIpc) is 2.30. The molecule has 0 aromatic rings. The molecular weight excluding hydrogens is 136 g/mol. The van der Waals surface area contributed by atoms with E-state index in [1.807, 2.05) is 0 Å².